The van der Waals surface area contributed by atoms with Gasteiger partial charge in [0, 0.05) is 17.3 Å². The SMILES string of the molecule is CC(C)COc1ccc(C(=O)Nc2cccc(OCC(C)C)c2)cc1. The third-order valence-electron chi connectivity index (χ3n) is 3.38. The van der Waals surface area contributed by atoms with E-state index in [2.05, 4.69) is 33.0 Å². The van der Waals surface area contributed by atoms with E-state index in [0.717, 1.165) is 11.5 Å². The highest BCUT2D eigenvalue weighted by molar-refractivity contribution is 6.04. The first-order valence-electron chi connectivity index (χ1n) is 8.71. The Balaban J connectivity index is 1.96. The summed E-state index contributed by atoms with van der Waals surface area (Å²) in [5.74, 6) is 2.29. The van der Waals surface area contributed by atoms with Crippen molar-refractivity contribution in [3.8, 4) is 11.5 Å². The molecule has 0 spiro atoms. The van der Waals surface area contributed by atoms with Crippen molar-refractivity contribution in [3.05, 3.63) is 54.1 Å². The van der Waals surface area contributed by atoms with Gasteiger partial charge in [0.1, 0.15) is 11.5 Å². The van der Waals surface area contributed by atoms with Crippen molar-refractivity contribution in [3.63, 3.8) is 0 Å². The maximum atomic E-state index is 12.4. The van der Waals surface area contributed by atoms with Gasteiger partial charge in [-0.1, -0.05) is 33.8 Å². The molecule has 0 radical (unpaired) electrons. The summed E-state index contributed by atoms with van der Waals surface area (Å²) in [6.07, 6.45) is 0. The van der Waals surface area contributed by atoms with E-state index in [9.17, 15) is 4.79 Å². The first kappa shape index (κ1) is 18.8. The van der Waals surface area contributed by atoms with Crippen LogP contribution in [0.3, 0.4) is 0 Å². The summed E-state index contributed by atoms with van der Waals surface area (Å²) >= 11 is 0. The fourth-order valence-corrected chi connectivity index (χ4v) is 2.10. The van der Waals surface area contributed by atoms with Crippen LogP contribution in [0.1, 0.15) is 38.1 Å². The molecule has 0 unspecified atom stereocenters. The van der Waals surface area contributed by atoms with Crippen molar-refractivity contribution >= 4 is 11.6 Å². The molecule has 0 saturated heterocycles. The van der Waals surface area contributed by atoms with Gasteiger partial charge in [0.25, 0.3) is 5.91 Å². The predicted octanol–water partition coefficient (Wildman–Crippen LogP) is 5.01. The molecular weight excluding hydrogens is 314 g/mol. The lowest BCUT2D eigenvalue weighted by molar-refractivity contribution is 0.102. The van der Waals surface area contributed by atoms with Gasteiger partial charge in [-0.15, -0.1) is 0 Å². The third kappa shape index (κ3) is 6.49. The average Bonchev–Trinajstić information content (AvgIpc) is 2.59. The average molecular weight is 341 g/mol. The smallest absolute Gasteiger partial charge is 0.255 e. The molecule has 4 nitrogen and oxygen atoms in total. The van der Waals surface area contributed by atoms with E-state index in [0.29, 0.717) is 36.3 Å². The van der Waals surface area contributed by atoms with Gasteiger partial charge in [-0.25, -0.2) is 0 Å². The Morgan fingerprint density at radius 2 is 1.48 bits per heavy atom. The van der Waals surface area contributed by atoms with E-state index in [1.54, 1.807) is 12.1 Å². The Morgan fingerprint density at radius 1 is 0.880 bits per heavy atom. The molecule has 2 aromatic rings. The molecule has 134 valence electrons. The van der Waals surface area contributed by atoms with Crippen LogP contribution in [0.15, 0.2) is 48.5 Å². The second kappa shape index (κ2) is 9.11. The van der Waals surface area contributed by atoms with Crippen LogP contribution in [-0.2, 0) is 0 Å². The van der Waals surface area contributed by atoms with E-state index < -0.39 is 0 Å². The number of hydrogen-bond acceptors (Lipinski definition) is 3. The van der Waals surface area contributed by atoms with Gasteiger partial charge in [0.2, 0.25) is 0 Å². The van der Waals surface area contributed by atoms with E-state index >= 15 is 0 Å². The molecule has 4 heteroatoms. The largest absolute Gasteiger partial charge is 0.493 e. The summed E-state index contributed by atoms with van der Waals surface area (Å²) in [5, 5.41) is 2.90. The van der Waals surface area contributed by atoms with E-state index in [1.807, 2.05) is 36.4 Å². The fraction of sp³-hybridized carbons (Fsp3) is 0.381. The van der Waals surface area contributed by atoms with Crippen LogP contribution in [0, 0.1) is 11.8 Å². The topological polar surface area (TPSA) is 47.6 Å². The molecule has 0 heterocycles. The van der Waals surface area contributed by atoms with Crippen molar-refractivity contribution in [2.75, 3.05) is 18.5 Å². The molecule has 0 aliphatic rings. The summed E-state index contributed by atoms with van der Waals surface area (Å²) in [6.45, 7) is 9.70. The van der Waals surface area contributed by atoms with Crippen molar-refractivity contribution in [2.24, 2.45) is 11.8 Å². The predicted molar refractivity (Wildman–Crippen MR) is 102 cm³/mol. The lowest BCUT2D eigenvalue weighted by atomic mass is 10.2. The molecule has 2 aromatic carbocycles. The van der Waals surface area contributed by atoms with E-state index in [1.165, 1.54) is 0 Å². The van der Waals surface area contributed by atoms with Crippen molar-refractivity contribution in [1.29, 1.82) is 0 Å². The van der Waals surface area contributed by atoms with E-state index in [4.69, 9.17) is 9.47 Å². The zero-order valence-corrected chi connectivity index (χ0v) is 15.4. The van der Waals surface area contributed by atoms with Crippen LogP contribution < -0.4 is 14.8 Å². The fourth-order valence-electron chi connectivity index (χ4n) is 2.10. The Kier molecular flexibility index (Phi) is 6.87. The first-order valence-corrected chi connectivity index (χ1v) is 8.71. The maximum Gasteiger partial charge on any atom is 0.255 e. The van der Waals surface area contributed by atoms with Gasteiger partial charge in [0.15, 0.2) is 0 Å². The normalized spacial score (nSPS) is 10.8. The summed E-state index contributed by atoms with van der Waals surface area (Å²) in [7, 11) is 0. The Morgan fingerprint density at radius 3 is 2.08 bits per heavy atom. The lowest BCUT2D eigenvalue weighted by Gasteiger charge is -2.11. The maximum absolute atomic E-state index is 12.4. The minimum absolute atomic E-state index is 0.156. The molecule has 0 bridgehead atoms. The summed E-state index contributed by atoms with van der Waals surface area (Å²) < 4.78 is 11.3. The highest BCUT2D eigenvalue weighted by atomic mass is 16.5. The molecule has 0 fully saturated rings. The number of amides is 1. The van der Waals surface area contributed by atoms with Crippen LogP contribution in [-0.4, -0.2) is 19.1 Å². The molecule has 0 aliphatic heterocycles. The summed E-state index contributed by atoms with van der Waals surface area (Å²) in [4.78, 5) is 12.4. The molecule has 0 saturated carbocycles. The minimum Gasteiger partial charge on any atom is -0.493 e. The minimum atomic E-state index is -0.156. The second-order valence-corrected chi connectivity index (χ2v) is 6.92. The van der Waals surface area contributed by atoms with Gasteiger partial charge >= 0.3 is 0 Å². The number of nitrogens with one attached hydrogen (secondary N) is 1. The molecule has 2 rings (SSSR count). The summed E-state index contributed by atoms with van der Waals surface area (Å²) in [5.41, 5.74) is 1.30. The van der Waals surface area contributed by atoms with Crippen molar-refractivity contribution < 1.29 is 14.3 Å². The third-order valence-corrected chi connectivity index (χ3v) is 3.38. The second-order valence-electron chi connectivity index (χ2n) is 6.92. The number of carbonyl (C=O) groups excluding carboxylic acids is 1. The Labute approximate surface area is 150 Å². The van der Waals surface area contributed by atoms with Crippen LogP contribution in [0.2, 0.25) is 0 Å². The van der Waals surface area contributed by atoms with Gasteiger partial charge in [-0.3, -0.25) is 4.79 Å². The molecule has 1 N–H and O–H groups in total. The van der Waals surface area contributed by atoms with Crippen LogP contribution in [0.5, 0.6) is 11.5 Å². The molecule has 0 atom stereocenters. The molecule has 25 heavy (non-hydrogen) atoms. The number of rotatable bonds is 8. The molecule has 0 aromatic heterocycles. The van der Waals surface area contributed by atoms with Crippen LogP contribution in [0.25, 0.3) is 0 Å². The lowest BCUT2D eigenvalue weighted by Crippen LogP contribution is -2.12. The zero-order valence-electron chi connectivity index (χ0n) is 15.4. The van der Waals surface area contributed by atoms with Crippen LogP contribution >= 0.6 is 0 Å². The number of anilines is 1. The van der Waals surface area contributed by atoms with Crippen molar-refractivity contribution in [2.45, 2.75) is 27.7 Å². The highest BCUT2D eigenvalue weighted by Gasteiger charge is 2.08. The van der Waals surface area contributed by atoms with Crippen molar-refractivity contribution in [1.82, 2.24) is 0 Å². The van der Waals surface area contributed by atoms with Gasteiger partial charge in [-0.2, -0.15) is 0 Å². The number of benzene rings is 2. The Bertz CT molecular complexity index is 678. The van der Waals surface area contributed by atoms with Crippen LogP contribution in [0.4, 0.5) is 5.69 Å². The van der Waals surface area contributed by atoms with E-state index in [-0.39, 0.29) is 5.91 Å². The Hall–Kier alpha value is -2.49. The number of hydrogen-bond donors (Lipinski definition) is 1. The summed E-state index contributed by atoms with van der Waals surface area (Å²) in [6, 6.07) is 14.6. The quantitative estimate of drug-likeness (QED) is 0.734. The first-order chi connectivity index (χ1) is 11.9. The van der Waals surface area contributed by atoms with Gasteiger partial charge < -0.3 is 14.8 Å². The zero-order chi connectivity index (χ0) is 18.2. The molecule has 0 aliphatic carbocycles. The standard InChI is InChI=1S/C21H27NO3/c1-15(2)13-24-19-10-8-17(9-11-19)21(23)22-18-6-5-7-20(12-18)25-14-16(3)4/h5-12,15-16H,13-14H2,1-4H3,(H,22,23). The monoisotopic (exact) mass is 341 g/mol. The number of carbonyl (C=O) groups is 1. The number of ether oxygens (including phenoxy) is 2. The molecular formula is C21H27NO3. The highest BCUT2D eigenvalue weighted by Crippen LogP contribution is 2.19. The van der Waals surface area contributed by atoms with Gasteiger partial charge in [-0.05, 0) is 48.2 Å². The molecule has 1 amide bonds. The van der Waals surface area contributed by atoms with Gasteiger partial charge in [0.05, 0.1) is 13.2 Å².